The van der Waals surface area contributed by atoms with Gasteiger partial charge in [-0.05, 0) is 43.3 Å². The highest BCUT2D eigenvalue weighted by Gasteiger charge is 2.16. The minimum Gasteiger partial charge on any atom is -0.349 e. The second-order valence-electron chi connectivity index (χ2n) is 6.71. The van der Waals surface area contributed by atoms with Gasteiger partial charge >= 0.3 is 0 Å². The summed E-state index contributed by atoms with van der Waals surface area (Å²) in [6.45, 7) is 1.99. The summed E-state index contributed by atoms with van der Waals surface area (Å²) in [6.07, 6.45) is 5.88. The van der Waals surface area contributed by atoms with Crippen LogP contribution in [-0.2, 0) is 6.42 Å². The number of pyridine rings is 3. The van der Waals surface area contributed by atoms with Crippen LogP contribution in [0.1, 0.15) is 23.0 Å². The Labute approximate surface area is 163 Å². The molecule has 138 valence electrons. The average molecular weight is 368 g/mol. The topological polar surface area (TPSA) is 67.8 Å². The number of para-hydroxylation sites is 1. The van der Waals surface area contributed by atoms with E-state index >= 15 is 0 Å². The molecule has 3 aromatic heterocycles. The quantitative estimate of drug-likeness (QED) is 0.577. The van der Waals surface area contributed by atoms with Gasteiger partial charge in [-0.15, -0.1) is 0 Å². The zero-order chi connectivity index (χ0) is 19.3. The third-order valence-electron chi connectivity index (χ3n) is 4.56. The molecular weight excluding hydrogens is 348 g/mol. The van der Waals surface area contributed by atoms with Crippen molar-refractivity contribution in [3.05, 3.63) is 90.5 Å². The third kappa shape index (κ3) is 3.88. The van der Waals surface area contributed by atoms with Gasteiger partial charge in [-0.2, -0.15) is 0 Å². The second-order valence-corrected chi connectivity index (χ2v) is 6.71. The molecule has 0 unspecified atom stereocenters. The largest absolute Gasteiger partial charge is 0.349 e. The fraction of sp³-hybridized carbons (Fsp3) is 0.130. The first-order valence-corrected chi connectivity index (χ1v) is 9.21. The zero-order valence-electron chi connectivity index (χ0n) is 15.5. The maximum Gasteiger partial charge on any atom is 0.252 e. The van der Waals surface area contributed by atoms with E-state index in [2.05, 4.69) is 15.3 Å². The summed E-state index contributed by atoms with van der Waals surface area (Å²) in [5.41, 5.74) is 4.04. The van der Waals surface area contributed by atoms with E-state index in [-0.39, 0.29) is 11.9 Å². The molecule has 1 atom stereocenters. The SMILES string of the molecule is C[C@H](Cc1ccccn1)NC(=O)c1cc(-c2ccncc2)nc2ccccc12. The number of rotatable bonds is 5. The van der Waals surface area contributed by atoms with Gasteiger partial charge in [0.25, 0.3) is 5.91 Å². The van der Waals surface area contributed by atoms with Crippen LogP contribution in [-0.4, -0.2) is 26.9 Å². The van der Waals surface area contributed by atoms with Gasteiger partial charge in [-0.1, -0.05) is 24.3 Å². The Bertz CT molecular complexity index is 1100. The first kappa shape index (κ1) is 17.8. The van der Waals surface area contributed by atoms with Crippen LogP contribution < -0.4 is 5.32 Å². The van der Waals surface area contributed by atoms with Crippen molar-refractivity contribution in [3.63, 3.8) is 0 Å². The molecule has 0 saturated heterocycles. The third-order valence-corrected chi connectivity index (χ3v) is 4.56. The van der Waals surface area contributed by atoms with Crippen molar-refractivity contribution in [2.75, 3.05) is 0 Å². The van der Waals surface area contributed by atoms with Gasteiger partial charge in [-0.3, -0.25) is 14.8 Å². The summed E-state index contributed by atoms with van der Waals surface area (Å²) in [6, 6.07) is 19.1. The van der Waals surface area contributed by atoms with E-state index in [0.717, 1.165) is 27.9 Å². The lowest BCUT2D eigenvalue weighted by Crippen LogP contribution is -2.34. The van der Waals surface area contributed by atoms with E-state index in [9.17, 15) is 4.79 Å². The minimum atomic E-state index is -0.114. The molecule has 3 heterocycles. The van der Waals surface area contributed by atoms with Crippen LogP contribution in [0, 0.1) is 0 Å². The number of nitrogens with zero attached hydrogens (tertiary/aromatic N) is 3. The van der Waals surface area contributed by atoms with Crippen LogP contribution in [0.5, 0.6) is 0 Å². The smallest absolute Gasteiger partial charge is 0.252 e. The van der Waals surface area contributed by atoms with Crippen molar-refractivity contribution in [2.24, 2.45) is 0 Å². The van der Waals surface area contributed by atoms with Crippen molar-refractivity contribution in [1.82, 2.24) is 20.3 Å². The van der Waals surface area contributed by atoms with Gasteiger partial charge in [0.05, 0.1) is 16.8 Å². The Morgan fingerprint density at radius 1 is 1.00 bits per heavy atom. The number of carbonyl (C=O) groups is 1. The molecule has 0 saturated carbocycles. The normalized spacial score (nSPS) is 11.9. The molecule has 28 heavy (non-hydrogen) atoms. The highest BCUT2D eigenvalue weighted by atomic mass is 16.1. The van der Waals surface area contributed by atoms with Crippen LogP contribution in [0.3, 0.4) is 0 Å². The molecule has 5 nitrogen and oxygen atoms in total. The molecule has 0 radical (unpaired) electrons. The lowest BCUT2D eigenvalue weighted by molar-refractivity contribution is 0.0941. The number of amides is 1. The fourth-order valence-corrected chi connectivity index (χ4v) is 3.22. The standard InChI is InChI=1S/C23H20N4O/c1-16(14-18-6-4-5-11-25-18)26-23(28)20-15-22(17-9-12-24-13-10-17)27-21-8-3-2-7-19(20)21/h2-13,15-16H,14H2,1H3,(H,26,28)/t16-/m1/s1. The van der Waals surface area contributed by atoms with Crippen LogP contribution in [0.15, 0.2) is 79.3 Å². The molecule has 1 amide bonds. The number of nitrogens with one attached hydrogen (secondary N) is 1. The van der Waals surface area contributed by atoms with Crippen molar-refractivity contribution < 1.29 is 4.79 Å². The number of hydrogen-bond acceptors (Lipinski definition) is 4. The summed E-state index contributed by atoms with van der Waals surface area (Å²) in [5, 5.41) is 3.93. The number of fused-ring (bicyclic) bond motifs is 1. The Morgan fingerprint density at radius 3 is 2.57 bits per heavy atom. The Balaban J connectivity index is 1.65. The average Bonchev–Trinajstić information content (AvgIpc) is 2.74. The Kier molecular flexibility index (Phi) is 5.06. The van der Waals surface area contributed by atoms with Crippen molar-refractivity contribution >= 4 is 16.8 Å². The molecule has 0 fully saturated rings. The molecule has 4 aromatic rings. The van der Waals surface area contributed by atoms with Crippen molar-refractivity contribution in [3.8, 4) is 11.3 Å². The van der Waals surface area contributed by atoms with E-state index < -0.39 is 0 Å². The summed E-state index contributed by atoms with van der Waals surface area (Å²) in [7, 11) is 0. The summed E-state index contributed by atoms with van der Waals surface area (Å²) in [5.74, 6) is -0.114. The lowest BCUT2D eigenvalue weighted by atomic mass is 10.0. The Morgan fingerprint density at radius 2 is 1.79 bits per heavy atom. The van der Waals surface area contributed by atoms with Gasteiger partial charge < -0.3 is 5.32 Å². The molecule has 0 aliphatic rings. The van der Waals surface area contributed by atoms with Crippen LogP contribution in [0.4, 0.5) is 0 Å². The number of aromatic nitrogens is 3. The summed E-state index contributed by atoms with van der Waals surface area (Å²) < 4.78 is 0. The molecule has 0 aliphatic carbocycles. The van der Waals surface area contributed by atoms with Gasteiger partial charge in [-0.25, -0.2) is 4.98 Å². The number of carbonyl (C=O) groups excluding carboxylic acids is 1. The minimum absolute atomic E-state index is 0.0429. The van der Waals surface area contributed by atoms with E-state index in [1.165, 1.54) is 0 Å². The molecule has 1 N–H and O–H groups in total. The summed E-state index contributed by atoms with van der Waals surface area (Å²) >= 11 is 0. The molecular formula is C23H20N4O. The van der Waals surface area contributed by atoms with E-state index in [1.807, 2.05) is 67.6 Å². The number of hydrogen-bond donors (Lipinski definition) is 1. The first-order chi connectivity index (χ1) is 13.7. The van der Waals surface area contributed by atoms with Gasteiger partial charge in [0.1, 0.15) is 0 Å². The number of benzene rings is 1. The Hall–Kier alpha value is -3.60. The van der Waals surface area contributed by atoms with Crippen LogP contribution in [0.2, 0.25) is 0 Å². The molecule has 0 spiro atoms. The van der Waals surface area contributed by atoms with Crippen molar-refractivity contribution in [2.45, 2.75) is 19.4 Å². The van der Waals surface area contributed by atoms with Crippen LogP contribution in [0.25, 0.3) is 22.2 Å². The predicted molar refractivity (Wildman–Crippen MR) is 110 cm³/mol. The van der Waals surface area contributed by atoms with E-state index in [4.69, 9.17) is 4.98 Å². The first-order valence-electron chi connectivity index (χ1n) is 9.21. The lowest BCUT2D eigenvalue weighted by Gasteiger charge is -2.15. The monoisotopic (exact) mass is 368 g/mol. The maximum atomic E-state index is 13.1. The van der Waals surface area contributed by atoms with E-state index in [1.54, 1.807) is 18.6 Å². The molecule has 0 bridgehead atoms. The van der Waals surface area contributed by atoms with Gasteiger partial charge in [0, 0.05) is 47.7 Å². The van der Waals surface area contributed by atoms with Crippen LogP contribution >= 0.6 is 0 Å². The maximum absolute atomic E-state index is 13.1. The van der Waals surface area contributed by atoms with Gasteiger partial charge in [0.15, 0.2) is 0 Å². The highest BCUT2D eigenvalue weighted by molar-refractivity contribution is 6.07. The van der Waals surface area contributed by atoms with Crippen molar-refractivity contribution in [1.29, 1.82) is 0 Å². The fourth-order valence-electron chi connectivity index (χ4n) is 3.22. The zero-order valence-corrected chi connectivity index (χ0v) is 15.5. The molecule has 1 aromatic carbocycles. The molecule has 5 heteroatoms. The molecule has 4 rings (SSSR count). The van der Waals surface area contributed by atoms with E-state index in [0.29, 0.717) is 12.0 Å². The van der Waals surface area contributed by atoms with Gasteiger partial charge in [0.2, 0.25) is 0 Å². The predicted octanol–water partition coefficient (Wildman–Crippen LogP) is 4.05. The second kappa shape index (κ2) is 7.96. The highest BCUT2D eigenvalue weighted by Crippen LogP contribution is 2.24. The molecule has 0 aliphatic heterocycles. The summed E-state index contributed by atoms with van der Waals surface area (Å²) in [4.78, 5) is 26.2.